The highest BCUT2D eigenvalue weighted by Crippen LogP contribution is 2.38. The minimum atomic E-state index is -0.820. The lowest BCUT2D eigenvalue weighted by Gasteiger charge is -2.17. The maximum absolute atomic E-state index is 12.0. The Balaban J connectivity index is 2.27. The highest BCUT2D eigenvalue weighted by Gasteiger charge is 2.32. The summed E-state index contributed by atoms with van der Waals surface area (Å²) in [6.45, 7) is 2.46. The molecule has 4 nitrogen and oxygen atoms in total. The molecule has 1 heterocycles. The second-order valence-electron chi connectivity index (χ2n) is 4.61. The minimum absolute atomic E-state index is 0.0763. The van der Waals surface area contributed by atoms with Crippen LogP contribution in [0.4, 0.5) is 5.69 Å². The van der Waals surface area contributed by atoms with Crippen LogP contribution in [0.2, 0.25) is 0 Å². The van der Waals surface area contributed by atoms with Crippen molar-refractivity contribution in [3.8, 4) is 0 Å². The molecule has 2 rings (SSSR count). The van der Waals surface area contributed by atoms with Gasteiger partial charge in [0.25, 0.3) is 0 Å². The first kappa shape index (κ1) is 12.6. The van der Waals surface area contributed by atoms with Crippen molar-refractivity contribution in [2.45, 2.75) is 32.1 Å². The number of para-hydroxylation sites is 1. The number of carboxylic acids is 1. The number of carboxylic acid groups (broad SMARTS) is 1. The third-order valence-electron chi connectivity index (χ3n) is 3.26. The molecule has 18 heavy (non-hydrogen) atoms. The molecule has 1 N–H and O–H groups in total. The zero-order valence-corrected chi connectivity index (χ0v) is 10.4. The van der Waals surface area contributed by atoms with E-state index in [0.717, 1.165) is 17.7 Å². The normalized spacial score (nSPS) is 17.6. The second-order valence-corrected chi connectivity index (χ2v) is 4.61. The first-order chi connectivity index (χ1) is 8.63. The molecule has 0 fully saturated rings. The van der Waals surface area contributed by atoms with Gasteiger partial charge in [-0.1, -0.05) is 25.1 Å². The van der Waals surface area contributed by atoms with Gasteiger partial charge in [-0.15, -0.1) is 0 Å². The van der Waals surface area contributed by atoms with Gasteiger partial charge in [0.1, 0.15) is 0 Å². The zero-order valence-electron chi connectivity index (χ0n) is 10.4. The standard InChI is InChI=1S/C14H17NO3/c1-2-5-13(16)15-9-10(8-14(17)18)11-6-3-4-7-12(11)15/h3-4,6-7,10H,2,5,8-9H2,1H3,(H,17,18). The summed E-state index contributed by atoms with van der Waals surface area (Å²) < 4.78 is 0. The Morgan fingerprint density at radius 3 is 2.78 bits per heavy atom. The summed E-state index contributed by atoms with van der Waals surface area (Å²) in [7, 11) is 0. The molecule has 1 atom stereocenters. The van der Waals surface area contributed by atoms with Gasteiger partial charge in [-0.3, -0.25) is 9.59 Å². The summed E-state index contributed by atoms with van der Waals surface area (Å²) in [5, 5.41) is 8.92. The second kappa shape index (κ2) is 5.21. The largest absolute Gasteiger partial charge is 0.481 e. The molecule has 1 aliphatic rings. The molecule has 0 aliphatic carbocycles. The van der Waals surface area contributed by atoms with Crippen LogP contribution in [-0.2, 0) is 9.59 Å². The SMILES string of the molecule is CCCC(=O)N1CC(CC(=O)O)c2ccccc21. The fourth-order valence-electron chi connectivity index (χ4n) is 2.47. The number of nitrogens with zero attached hydrogens (tertiary/aromatic N) is 1. The number of carbonyl (C=O) groups excluding carboxylic acids is 1. The third kappa shape index (κ3) is 2.37. The Labute approximate surface area is 106 Å². The van der Waals surface area contributed by atoms with Crippen LogP contribution in [0.25, 0.3) is 0 Å². The van der Waals surface area contributed by atoms with Crippen molar-refractivity contribution < 1.29 is 14.7 Å². The van der Waals surface area contributed by atoms with Gasteiger partial charge in [-0.25, -0.2) is 0 Å². The molecule has 0 saturated carbocycles. The molecular weight excluding hydrogens is 230 g/mol. The van der Waals surface area contributed by atoms with Crippen LogP contribution in [-0.4, -0.2) is 23.5 Å². The van der Waals surface area contributed by atoms with Gasteiger partial charge >= 0.3 is 5.97 Å². The lowest BCUT2D eigenvalue weighted by Crippen LogP contribution is -2.29. The Kier molecular flexibility index (Phi) is 3.65. The number of benzene rings is 1. The summed E-state index contributed by atoms with van der Waals surface area (Å²) in [5.74, 6) is -0.822. The van der Waals surface area contributed by atoms with Crippen LogP contribution in [0.15, 0.2) is 24.3 Å². The van der Waals surface area contributed by atoms with E-state index >= 15 is 0 Å². The summed E-state index contributed by atoms with van der Waals surface area (Å²) >= 11 is 0. The van der Waals surface area contributed by atoms with E-state index in [1.54, 1.807) is 4.90 Å². The maximum atomic E-state index is 12.0. The molecular formula is C14H17NO3. The van der Waals surface area contributed by atoms with Crippen molar-refractivity contribution in [3.05, 3.63) is 29.8 Å². The number of rotatable bonds is 4. The Hall–Kier alpha value is -1.84. The smallest absolute Gasteiger partial charge is 0.304 e. The van der Waals surface area contributed by atoms with Crippen LogP contribution in [0.5, 0.6) is 0 Å². The van der Waals surface area contributed by atoms with E-state index in [1.165, 1.54) is 0 Å². The molecule has 1 aliphatic heterocycles. The maximum Gasteiger partial charge on any atom is 0.304 e. The van der Waals surface area contributed by atoms with Crippen LogP contribution < -0.4 is 4.90 Å². The highest BCUT2D eigenvalue weighted by molar-refractivity contribution is 5.96. The van der Waals surface area contributed by atoms with Gasteiger partial charge in [0.05, 0.1) is 6.42 Å². The third-order valence-corrected chi connectivity index (χ3v) is 3.26. The number of hydrogen-bond donors (Lipinski definition) is 1. The highest BCUT2D eigenvalue weighted by atomic mass is 16.4. The molecule has 96 valence electrons. The first-order valence-electron chi connectivity index (χ1n) is 6.24. The van der Waals surface area contributed by atoms with Crippen LogP contribution in [0, 0.1) is 0 Å². The molecule has 1 amide bonds. The molecule has 0 saturated heterocycles. The van der Waals surface area contributed by atoms with E-state index in [4.69, 9.17) is 5.11 Å². The number of amides is 1. The monoisotopic (exact) mass is 247 g/mol. The van der Waals surface area contributed by atoms with Crippen LogP contribution in [0.1, 0.15) is 37.7 Å². The molecule has 0 bridgehead atoms. The lowest BCUT2D eigenvalue weighted by molar-refractivity contribution is -0.137. The Morgan fingerprint density at radius 1 is 1.39 bits per heavy atom. The Bertz CT molecular complexity index is 470. The molecule has 1 aromatic rings. The van der Waals surface area contributed by atoms with Crippen molar-refractivity contribution in [2.75, 3.05) is 11.4 Å². The first-order valence-corrected chi connectivity index (χ1v) is 6.24. The van der Waals surface area contributed by atoms with Crippen molar-refractivity contribution in [1.29, 1.82) is 0 Å². The molecule has 1 aromatic carbocycles. The molecule has 0 aromatic heterocycles. The van der Waals surface area contributed by atoms with Crippen LogP contribution in [0.3, 0.4) is 0 Å². The predicted octanol–water partition coefficient (Wildman–Crippen LogP) is 2.39. The number of carbonyl (C=O) groups is 2. The average Bonchev–Trinajstić information content (AvgIpc) is 2.68. The van der Waals surface area contributed by atoms with E-state index < -0.39 is 5.97 Å². The van der Waals surface area contributed by atoms with Gasteiger partial charge in [-0.05, 0) is 18.1 Å². The van der Waals surface area contributed by atoms with E-state index in [2.05, 4.69) is 0 Å². The number of fused-ring (bicyclic) bond motifs is 1. The summed E-state index contributed by atoms with van der Waals surface area (Å²) in [6, 6.07) is 7.59. The number of hydrogen-bond acceptors (Lipinski definition) is 2. The fourth-order valence-corrected chi connectivity index (χ4v) is 2.47. The Morgan fingerprint density at radius 2 is 2.11 bits per heavy atom. The molecule has 0 radical (unpaired) electrons. The van der Waals surface area contributed by atoms with Gasteiger partial charge in [0.2, 0.25) is 5.91 Å². The topological polar surface area (TPSA) is 57.6 Å². The summed E-state index contributed by atoms with van der Waals surface area (Å²) in [5.41, 5.74) is 1.85. The van der Waals surface area contributed by atoms with Crippen molar-refractivity contribution in [1.82, 2.24) is 0 Å². The molecule has 4 heteroatoms. The quantitative estimate of drug-likeness (QED) is 0.888. The van der Waals surface area contributed by atoms with Crippen LogP contribution >= 0.6 is 0 Å². The number of anilines is 1. The molecule has 1 unspecified atom stereocenters. The minimum Gasteiger partial charge on any atom is -0.481 e. The molecule has 0 spiro atoms. The van der Waals surface area contributed by atoms with E-state index in [-0.39, 0.29) is 18.2 Å². The van der Waals surface area contributed by atoms with E-state index in [0.29, 0.717) is 13.0 Å². The van der Waals surface area contributed by atoms with Gasteiger partial charge in [-0.2, -0.15) is 0 Å². The van der Waals surface area contributed by atoms with Crippen molar-refractivity contribution in [3.63, 3.8) is 0 Å². The summed E-state index contributed by atoms with van der Waals surface area (Å²) in [6.07, 6.45) is 1.39. The zero-order chi connectivity index (χ0) is 13.1. The van der Waals surface area contributed by atoms with Crippen molar-refractivity contribution in [2.24, 2.45) is 0 Å². The number of aliphatic carboxylic acids is 1. The predicted molar refractivity (Wildman–Crippen MR) is 68.7 cm³/mol. The van der Waals surface area contributed by atoms with Crippen molar-refractivity contribution >= 4 is 17.6 Å². The fraction of sp³-hybridized carbons (Fsp3) is 0.429. The lowest BCUT2D eigenvalue weighted by atomic mass is 9.98. The van der Waals surface area contributed by atoms with Gasteiger partial charge in [0.15, 0.2) is 0 Å². The summed E-state index contributed by atoms with van der Waals surface area (Å²) in [4.78, 5) is 24.6. The van der Waals surface area contributed by atoms with E-state index in [1.807, 2.05) is 31.2 Å². The average molecular weight is 247 g/mol. The van der Waals surface area contributed by atoms with Gasteiger partial charge in [0, 0.05) is 24.6 Å². The van der Waals surface area contributed by atoms with Gasteiger partial charge < -0.3 is 10.0 Å². The van der Waals surface area contributed by atoms with E-state index in [9.17, 15) is 9.59 Å².